The average Bonchev–Trinajstić information content (AvgIpc) is 2.93. The first kappa shape index (κ1) is 15.5. The number of hydrogen-bond acceptors (Lipinski definition) is 3. The molecule has 3 rings (SSSR count). The van der Waals surface area contributed by atoms with Crippen molar-refractivity contribution in [2.45, 2.75) is 38.0 Å². The number of rotatable bonds is 2. The zero-order valence-corrected chi connectivity index (χ0v) is 13.9. The summed E-state index contributed by atoms with van der Waals surface area (Å²) in [5.41, 5.74) is 1.81. The zero-order chi connectivity index (χ0) is 15.9. The first-order valence-corrected chi connectivity index (χ1v) is 9.25. The summed E-state index contributed by atoms with van der Waals surface area (Å²) in [6.07, 6.45) is 2.61. The van der Waals surface area contributed by atoms with E-state index in [1.54, 1.807) is 34.3 Å². The van der Waals surface area contributed by atoms with Crippen molar-refractivity contribution < 1.29 is 13.2 Å². The molecule has 1 atom stereocenters. The van der Waals surface area contributed by atoms with E-state index in [1.807, 2.05) is 0 Å². The normalized spacial score (nSPS) is 22.6. The van der Waals surface area contributed by atoms with Gasteiger partial charge in [-0.2, -0.15) is 4.31 Å². The Kier molecular flexibility index (Phi) is 3.99. The van der Waals surface area contributed by atoms with Gasteiger partial charge in [0.2, 0.25) is 15.9 Å². The van der Waals surface area contributed by atoms with Gasteiger partial charge in [0.25, 0.3) is 0 Å². The van der Waals surface area contributed by atoms with Gasteiger partial charge in [0, 0.05) is 32.2 Å². The molecule has 1 fully saturated rings. The number of amides is 1. The average molecular weight is 322 g/mol. The molecular weight excluding hydrogens is 300 g/mol. The highest BCUT2D eigenvalue weighted by molar-refractivity contribution is 7.89. The summed E-state index contributed by atoms with van der Waals surface area (Å²) in [6, 6.07) is 5.17. The van der Waals surface area contributed by atoms with E-state index in [0.29, 0.717) is 30.4 Å². The molecule has 22 heavy (non-hydrogen) atoms. The van der Waals surface area contributed by atoms with Gasteiger partial charge in [-0.1, -0.05) is 6.92 Å². The lowest BCUT2D eigenvalue weighted by atomic mass is 10.0. The van der Waals surface area contributed by atoms with Gasteiger partial charge in [-0.15, -0.1) is 0 Å². The Morgan fingerprint density at radius 2 is 2.05 bits per heavy atom. The van der Waals surface area contributed by atoms with Crippen LogP contribution in [-0.4, -0.2) is 38.3 Å². The number of carbonyl (C=O) groups excluding carboxylic acids is 1. The molecule has 0 radical (unpaired) electrons. The van der Waals surface area contributed by atoms with Crippen LogP contribution in [0.4, 0.5) is 5.69 Å². The summed E-state index contributed by atoms with van der Waals surface area (Å²) in [5.74, 6) is 0.422. The Morgan fingerprint density at radius 1 is 1.27 bits per heavy atom. The molecule has 1 aromatic carbocycles. The lowest BCUT2D eigenvalue weighted by molar-refractivity contribution is -0.116. The van der Waals surface area contributed by atoms with E-state index in [4.69, 9.17) is 0 Å². The molecule has 120 valence electrons. The predicted molar refractivity (Wildman–Crippen MR) is 85.3 cm³/mol. The van der Waals surface area contributed by atoms with Crippen LogP contribution in [0.25, 0.3) is 0 Å². The van der Waals surface area contributed by atoms with Gasteiger partial charge >= 0.3 is 0 Å². The quantitative estimate of drug-likeness (QED) is 0.837. The topological polar surface area (TPSA) is 57.7 Å². The molecule has 1 unspecified atom stereocenters. The largest absolute Gasteiger partial charge is 0.312 e. The molecule has 1 amide bonds. The first-order chi connectivity index (χ1) is 10.4. The number of fused-ring (bicyclic) bond motifs is 1. The monoisotopic (exact) mass is 322 g/mol. The second-order valence-electron chi connectivity index (χ2n) is 6.32. The Balaban J connectivity index is 1.95. The third-order valence-electron chi connectivity index (χ3n) is 4.57. The number of sulfonamides is 1. The smallest absolute Gasteiger partial charge is 0.243 e. The fraction of sp³-hybridized carbons (Fsp3) is 0.562. The zero-order valence-electron chi connectivity index (χ0n) is 13.1. The van der Waals surface area contributed by atoms with Crippen LogP contribution in [0.5, 0.6) is 0 Å². The van der Waals surface area contributed by atoms with Gasteiger partial charge < -0.3 is 4.90 Å². The Morgan fingerprint density at radius 3 is 2.68 bits per heavy atom. The van der Waals surface area contributed by atoms with Gasteiger partial charge in [-0.25, -0.2) is 8.42 Å². The summed E-state index contributed by atoms with van der Waals surface area (Å²) in [7, 11) is -3.41. The van der Waals surface area contributed by atoms with E-state index in [0.717, 1.165) is 30.5 Å². The third kappa shape index (κ3) is 2.65. The van der Waals surface area contributed by atoms with Crippen LogP contribution in [0.1, 0.15) is 32.3 Å². The Labute approximate surface area is 132 Å². The highest BCUT2D eigenvalue weighted by atomic mass is 32.2. The van der Waals surface area contributed by atoms with Crippen LogP contribution in [0.3, 0.4) is 0 Å². The molecule has 0 spiro atoms. The summed E-state index contributed by atoms with van der Waals surface area (Å²) < 4.78 is 27.0. The highest BCUT2D eigenvalue weighted by Crippen LogP contribution is 2.31. The number of hydrogen-bond donors (Lipinski definition) is 0. The van der Waals surface area contributed by atoms with E-state index >= 15 is 0 Å². The highest BCUT2D eigenvalue weighted by Gasteiger charge is 2.31. The van der Waals surface area contributed by atoms with Gasteiger partial charge in [-0.05, 0) is 48.9 Å². The number of nitrogens with zero attached hydrogens (tertiary/aromatic N) is 2. The molecule has 2 aliphatic heterocycles. The van der Waals surface area contributed by atoms with Crippen LogP contribution < -0.4 is 4.90 Å². The molecule has 0 aromatic heterocycles. The molecule has 1 saturated heterocycles. The molecule has 6 heteroatoms. The molecule has 2 aliphatic rings. The van der Waals surface area contributed by atoms with Gasteiger partial charge in [0.15, 0.2) is 0 Å². The fourth-order valence-electron chi connectivity index (χ4n) is 3.32. The van der Waals surface area contributed by atoms with E-state index in [9.17, 15) is 13.2 Å². The van der Waals surface area contributed by atoms with E-state index in [1.165, 1.54) is 0 Å². The Bertz CT molecular complexity index is 699. The van der Waals surface area contributed by atoms with Crippen molar-refractivity contribution in [1.82, 2.24) is 4.31 Å². The van der Waals surface area contributed by atoms with Crippen molar-refractivity contribution in [3.8, 4) is 0 Å². The molecule has 0 saturated carbocycles. The fourth-order valence-corrected chi connectivity index (χ4v) is 4.95. The number of benzene rings is 1. The minimum atomic E-state index is -3.41. The summed E-state index contributed by atoms with van der Waals surface area (Å²) in [6.45, 7) is 5.52. The van der Waals surface area contributed by atoms with Gasteiger partial charge in [-0.3, -0.25) is 4.79 Å². The summed E-state index contributed by atoms with van der Waals surface area (Å²) >= 11 is 0. The molecule has 5 nitrogen and oxygen atoms in total. The minimum Gasteiger partial charge on any atom is -0.312 e. The van der Waals surface area contributed by atoms with Crippen molar-refractivity contribution in [2.75, 3.05) is 24.5 Å². The first-order valence-electron chi connectivity index (χ1n) is 7.81. The van der Waals surface area contributed by atoms with E-state index in [-0.39, 0.29) is 5.91 Å². The molecule has 2 heterocycles. The second-order valence-corrected chi connectivity index (χ2v) is 8.26. The van der Waals surface area contributed by atoms with Gasteiger partial charge in [0.1, 0.15) is 0 Å². The molecule has 0 bridgehead atoms. The minimum absolute atomic E-state index is 0.00456. The third-order valence-corrected chi connectivity index (χ3v) is 6.44. The molecular formula is C16H22N2O3S. The van der Waals surface area contributed by atoms with Crippen LogP contribution >= 0.6 is 0 Å². The maximum absolute atomic E-state index is 12.7. The maximum atomic E-state index is 12.7. The van der Waals surface area contributed by atoms with E-state index in [2.05, 4.69) is 6.92 Å². The van der Waals surface area contributed by atoms with Gasteiger partial charge in [0.05, 0.1) is 4.90 Å². The second kappa shape index (κ2) is 5.66. The Hall–Kier alpha value is -1.40. The summed E-state index contributed by atoms with van der Waals surface area (Å²) in [4.78, 5) is 13.8. The molecule has 0 aliphatic carbocycles. The van der Waals surface area contributed by atoms with E-state index < -0.39 is 10.0 Å². The molecule has 1 aromatic rings. The SMILES string of the molecule is CC(=O)N1CCCc2cc(S(=O)(=O)N3CCC(C)C3)ccc21. The van der Waals surface area contributed by atoms with Crippen LogP contribution in [0, 0.1) is 5.92 Å². The lowest BCUT2D eigenvalue weighted by Crippen LogP contribution is -2.34. The number of anilines is 1. The van der Waals surface area contributed by atoms with Crippen molar-refractivity contribution in [1.29, 1.82) is 0 Å². The number of aryl methyl sites for hydroxylation is 1. The van der Waals surface area contributed by atoms with Crippen molar-refractivity contribution in [3.05, 3.63) is 23.8 Å². The predicted octanol–water partition coefficient (Wildman–Crippen LogP) is 2.02. The van der Waals surface area contributed by atoms with Crippen LogP contribution in [-0.2, 0) is 21.2 Å². The summed E-state index contributed by atoms with van der Waals surface area (Å²) in [5, 5.41) is 0. The van der Waals surface area contributed by atoms with Crippen LogP contribution in [0.2, 0.25) is 0 Å². The van der Waals surface area contributed by atoms with Crippen LogP contribution in [0.15, 0.2) is 23.1 Å². The van der Waals surface area contributed by atoms with Crippen molar-refractivity contribution >= 4 is 21.6 Å². The maximum Gasteiger partial charge on any atom is 0.243 e. The lowest BCUT2D eigenvalue weighted by Gasteiger charge is -2.29. The number of carbonyl (C=O) groups is 1. The standard InChI is InChI=1S/C16H22N2O3S/c1-12-7-9-17(11-12)22(20,21)15-5-6-16-14(10-15)4-3-8-18(16)13(2)19/h5-6,10,12H,3-4,7-9,11H2,1-2H3. The van der Waals surface area contributed by atoms with Crippen molar-refractivity contribution in [3.63, 3.8) is 0 Å². The molecule has 0 N–H and O–H groups in total. The van der Waals surface area contributed by atoms with Crippen molar-refractivity contribution in [2.24, 2.45) is 5.92 Å².